The minimum atomic E-state index is -0.679. The van der Waals surface area contributed by atoms with Crippen LogP contribution in [-0.2, 0) is 0 Å². The zero-order valence-electron chi connectivity index (χ0n) is 18.9. The summed E-state index contributed by atoms with van der Waals surface area (Å²) in [7, 11) is 0. The van der Waals surface area contributed by atoms with Crippen LogP contribution in [0.1, 0.15) is 57.7 Å². The maximum Gasteiger partial charge on any atom is 0.334 e. The molecule has 36 heavy (non-hydrogen) atoms. The number of hydrogen-bond donors (Lipinski definition) is 0. The Morgan fingerprint density at radius 3 is 1.39 bits per heavy atom. The Morgan fingerprint density at radius 2 is 1.06 bits per heavy atom. The summed E-state index contributed by atoms with van der Waals surface area (Å²) in [6.07, 6.45) is 0. The van der Waals surface area contributed by atoms with Crippen LogP contribution < -0.4 is 0 Å². The van der Waals surface area contributed by atoms with Crippen molar-refractivity contribution in [3.05, 3.63) is 113 Å². The van der Waals surface area contributed by atoms with Crippen LogP contribution in [0.2, 0.25) is 10.0 Å². The fraction of sp³-hybridized carbons (Fsp3) is 0.250. The van der Waals surface area contributed by atoms with E-state index in [1.165, 1.54) is 13.8 Å². The number of rotatable bonds is 6. The van der Waals surface area contributed by atoms with Gasteiger partial charge in [-0.15, -0.1) is 0 Å². The first kappa shape index (κ1) is 24.0. The minimum absolute atomic E-state index is 0.0440. The van der Waals surface area contributed by atoms with Gasteiger partial charge in [0.15, 0.2) is 11.4 Å². The number of aryl methyl sites for hydroxylation is 2. The van der Waals surface area contributed by atoms with Crippen LogP contribution in [0.3, 0.4) is 0 Å². The van der Waals surface area contributed by atoms with Crippen LogP contribution in [-0.4, -0.2) is 20.2 Å². The first-order valence-electron chi connectivity index (χ1n) is 10.9. The average molecular weight is 529 g/mol. The zero-order chi connectivity index (χ0) is 25.7. The smallest absolute Gasteiger partial charge is 0.334 e. The third kappa shape index (κ3) is 3.64. The maximum atomic E-state index is 12.0. The van der Waals surface area contributed by atoms with Crippen molar-refractivity contribution in [3.63, 3.8) is 0 Å². The van der Waals surface area contributed by atoms with Crippen molar-refractivity contribution < 1.29 is 18.9 Å². The van der Waals surface area contributed by atoms with E-state index in [1.807, 2.05) is 0 Å². The summed E-state index contributed by atoms with van der Waals surface area (Å²) in [6.45, 7) is 2.97. The van der Waals surface area contributed by atoms with Crippen LogP contribution in [0.15, 0.2) is 57.6 Å². The van der Waals surface area contributed by atoms with Gasteiger partial charge in [-0.25, -0.2) is 0 Å². The van der Waals surface area contributed by atoms with E-state index < -0.39 is 33.5 Å². The largest absolute Gasteiger partial charge is 0.353 e. The van der Waals surface area contributed by atoms with Crippen molar-refractivity contribution in [3.8, 4) is 0 Å². The molecule has 2 aromatic heterocycles. The van der Waals surface area contributed by atoms with Gasteiger partial charge in [-0.2, -0.15) is 0 Å². The van der Waals surface area contributed by atoms with E-state index in [4.69, 9.17) is 32.2 Å². The van der Waals surface area contributed by atoms with Gasteiger partial charge in [0.1, 0.15) is 0 Å². The predicted octanol–water partition coefficient (Wildman–Crippen LogP) is 6.85. The van der Waals surface area contributed by atoms with Crippen LogP contribution in [0.5, 0.6) is 0 Å². The number of nitro groups is 2. The Kier molecular flexibility index (Phi) is 6.01. The summed E-state index contributed by atoms with van der Waals surface area (Å²) < 4.78 is 11.1. The van der Waals surface area contributed by atoms with E-state index in [-0.39, 0.29) is 34.3 Å². The highest BCUT2D eigenvalue weighted by atomic mass is 35.5. The Balaban J connectivity index is 1.81. The summed E-state index contributed by atoms with van der Waals surface area (Å²) in [4.78, 5) is 22.9. The molecular formula is C24H18Cl2N4O6. The van der Waals surface area contributed by atoms with Gasteiger partial charge in [0, 0.05) is 33.7 Å². The molecule has 4 aromatic rings. The van der Waals surface area contributed by atoms with Crippen molar-refractivity contribution in [1.29, 1.82) is 0 Å². The summed E-state index contributed by atoms with van der Waals surface area (Å²) in [5.41, 5.74) is 0.992. The van der Waals surface area contributed by atoms with Crippen molar-refractivity contribution in [2.75, 3.05) is 0 Å². The van der Waals surface area contributed by atoms with Gasteiger partial charge in [0.25, 0.3) is 0 Å². The van der Waals surface area contributed by atoms with Crippen LogP contribution in [0.25, 0.3) is 0 Å². The Hall–Kier alpha value is -3.76. The molecule has 5 rings (SSSR count). The summed E-state index contributed by atoms with van der Waals surface area (Å²) >= 11 is 13.2. The number of aromatic nitrogens is 2. The van der Waals surface area contributed by atoms with Gasteiger partial charge >= 0.3 is 11.4 Å². The second-order valence-corrected chi connectivity index (χ2v) is 9.44. The molecule has 0 aliphatic heterocycles. The van der Waals surface area contributed by atoms with E-state index in [2.05, 4.69) is 10.3 Å². The molecule has 10 nitrogen and oxygen atoms in total. The fourth-order valence-electron chi connectivity index (χ4n) is 5.31. The monoisotopic (exact) mass is 528 g/mol. The third-order valence-corrected chi connectivity index (χ3v) is 7.45. The molecule has 0 atom stereocenters. The van der Waals surface area contributed by atoms with Crippen molar-refractivity contribution in [1.82, 2.24) is 10.3 Å². The number of nitrogens with zero attached hydrogens (tertiary/aromatic N) is 4. The lowest BCUT2D eigenvalue weighted by Gasteiger charge is -2.50. The van der Waals surface area contributed by atoms with E-state index in [9.17, 15) is 20.2 Å². The maximum absolute atomic E-state index is 12.0. The normalized spacial score (nSPS) is 21.2. The van der Waals surface area contributed by atoms with E-state index in [0.29, 0.717) is 21.2 Å². The first-order chi connectivity index (χ1) is 17.2. The predicted molar refractivity (Wildman–Crippen MR) is 130 cm³/mol. The summed E-state index contributed by atoms with van der Waals surface area (Å²) in [6, 6.07) is 14.0. The van der Waals surface area contributed by atoms with Crippen molar-refractivity contribution >= 4 is 34.6 Å². The van der Waals surface area contributed by atoms with Gasteiger partial charge in [-0.1, -0.05) is 69.9 Å². The molecule has 12 heteroatoms. The molecule has 184 valence electrons. The molecule has 0 bridgehead atoms. The van der Waals surface area contributed by atoms with Crippen molar-refractivity contribution in [2.24, 2.45) is 0 Å². The van der Waals surface area contributed by atoms with E-state index in [0.717, 1.165) is 0 Å². The third-order valence-electron chi connectivity index (χ3n) is 6.76. The molecule has 1 fully saturated rings. The van der Waals surface area contributed by atoms with Crippen LogP contribution in [0, 0.1) is 34.1 Å². The van der Waals surface area contributed by atoms with Gasteiger partial charge in [-0.05, 0) is 37.1 Å². The number of benzene rings is 2. The highest BCUT2D eigenvalue weighted by Crippen LogP contribution is 2.69. The van der Waals surface area contributed by atoms with Crippen LogP contribution in [0.4, 0.5) is 11.4 Å². The molecule has 0 spiro atoms. The van der Waals surface area contributed by atoms with E-state index in [1.54, 1.807) is 48.5 Å². The van der Waals surface area contributed by atoms with Gasteiger partial charge in [0.2, 0.25) is 11.5 Å². The number of hydrogen-bond acceptors (Lipinski definition) is 8. The molecule has 0 unspecified atom stereocenters. The number of halogens is 2. The zero-order valence-corrected chi connectivity index (χ0v) is 20.4. The van der Waals surface area contributed by atoms with E-state index >= 15 is 0 Å². The lowest BCUT2D eigenvalue weighted by Crippen LogP contribution is -2.40. The Morgan fingerprint density at radius 1 is 0.694 bits per heavy atom. The molecule has 0 radical (unpaired) electrons. The highest BCUT2D eigenvalue weighted by molar-refractivity contribution is 6.32. The molecule has 1 aliphatic rings. The van der Waals surface area contributed by atoms with Gasteiger partial charge < -0.3 is 9.05 Å². The Labute approximate surface area is 214 Å². The summed E-state index contributed by atoms with van der Waals surface area (Å²) in [5.74, 6) is -2.47. The molecule has 1 aliphatic carbocycles. The topological polar surface area (TPSA) is 138 Å². The lowest BCUT2D eigenvalue weighted by molar-refractivity contribution is -0.387. The van der Waals surface area contributed by atoms with Gasteiger partial charge in [-0.3, -0.25) is 20.2 Å². The first-order valence-corrected chi connectivity index (χ1v) is 11.7. The fourth-order valence-corrected chi connectivity index (χ4v) is 5.83. The second kappa shape index (κ2) is 9.03. The summed E-state index contributed by atoms with van der Waals surface area (Å²) in [5, 5.41) is 32.5. The molecule has 2 aromatic carbocycles. The highest BCUT2D eigenvalue weighted by Gasteiger charge is 2.61. The SMILES string of the molecule is Cc1noc(C2C(c3ccccc3Cl)C(c3onc(C)c3[N+](=O)[O-])C2c2ccccc2Cl)c1[N+](=O)[O-]. The minimum Gasteiger partial charge on any atom is -0.353 e. The Bertz CT molecular complexity index is 1380. The molecule has 0 N–H and O–H groups in total. The van der Waals surface area contributed by atoms with Crippen molar-refractivity contribution in [2.45, 2.75) is 37.5 Å². The lowest BCUT2D eigenvalue weighted by atomic mass is 9.51. The molecular weight excluding hydrogens is 511 g/mol. The standard InChI is InChI=1S/C24H18Cl2N4O6/c1-11-21(29(31)32)23(35-27-11)19-17(13-7-3-5-9-15(13)25)20(18(19)14-8-4-6-10-16(14)26)24-22(30(33)34)12(2)28-36-24/h3-10,17-20H,1-2H3. The second-order valence-electron chi connectivity index (χ2n) is 8.62. The molecule has 0 amide bonds. The van der Waals surface area contributed by atoms with Gasteiger partial charge in [0.05, 0.1) is 9.85 Å². The average Bonchev–Trinajstić information content (AvgIpc) is 3.38. The molecule has 1 saturated carbocycles. The molecule has 0 saturated heterocycles. The quantitative estimate of drug-likeness (QED) is 0.195. The van der Waals surface area contributed by atoms with Crippen LogP contribution >= 0.6 is 23.2 Å². The molecule has 2 heterocycles.